The van der Waals surface area contributed by atoms with E-state index in [9.17, 15) is 0 Å². The average Bonchev–Trinajstić information content (AvgIpc) is 2.70. The highest BCUT2D eigenvalue weighted by Crippen LogP contribution is 2.22. The zero-order valence-corrected chi connectivity index (χ0v) is 11.3. The van der Waals surface area contributed by atoms with Gasteiger partial charge in [0.15, 0.2) is 0 Å². The standard InChI is InChI=1S/C12H24N4O/c1-9(2)12-11(5-7-13)14-15-16(12)10(3)6-8-17-4/h9-10H,5-8,13H2,1-4H3. The van der Waals surface area contributed by atoms with Crippen molar-refractivity contribution in [3.05, 3.63) is 11.4 Å². The van der Waals surface area contributed by atoms with E-state index in [1.54, 1.807) is 7.11 Å². The molecule has 5 heteroatoms. The van der Waals surface area contributed by atoms with Gasteiger partial charge in [-0.25, -0.2) is 4.68 Å². The van der Waals surface area contributed by atoms with Crippen LogP contribution in [0, 0.1) is 0 Å². The zero-order valence-electron chi connectivity index (χ0n) is 11.3. The Labute approximate surface area is 103 Å². The lowest BCUT2D eigenvalue weighted by Gasteiger charge is -2.17. The maximum absolute atomic E-state index is 5.60. The quantitative estimate of drug-likeness (QED) is 0.784. The molecule has 0 aliphatic rings. The molecule has 0 saturated carbocycles. The first-order valence-electron chi connectivity index (χ1n) is 6.24. The van der Waals surface area contributed by atoms with Gasteiger partial charge >= 0.3 is 0 Å². The fraction of sp³-hybridized carbons (Fsp3) is 0.833. The Morgan fingerprint density at radius 1 is 1.35 bits per heavy atom. The molecule has 1 heterocycles. The van der Waals surface area contributed by atoms with Gasteiger partial charge in [-0.15, -0.1) is 5.10 Å². The van der Waals surface area contributed by atoms with Gasteiger partial charge in [0.25, 0.3) is 0 Å². The first-order chi connectivity index (χ1) is 8.11. The molecule has 5 nitrogen and oxygen atoms in total. The van der Waals surface area contributed by atoms with E-state index in [1.807, 2.05) is 4.68 Å². The van der Waals surface area contributed by atoms with Crippen molar-refractivity contribution in [2.24, 2.45) is 5.73 Å². The predicted octanol–water partition coefficient (Wildman–Crippen LogP) is 1.50. The van der Waals surface area contributed by atoms with Crippen molar-refractivity contribution in [1.82, 2.24) is 15.0 Å². The maximum atomic E-state index is 5.60. The molecule has 98 valence electrons. The van der Waals surface area contributed by atoms with Crippen molar-refractivity contribution < 1.29 is 4.74 Å². The third-order valence-corrected chi connectivity index (χ3v) is 2.89. The molecule has 1 atom stereocenters. The molecule has 0 aliphatic carbocycles. The molecule has 0 saturated heterocycles. The predicted molar refractivity (Wildman–Crippen MR) is 68.1 cm³/mol. The highest BCUT2D eigenvalue weighted by Gasteiger charge is 2.18. The van der Waals surface area contributed by atoms with E-state index < -0.39 is 0 Å². The Morgan fingerprint density at radius 2 is 2.06 bits per heavy atom. The lowest BCUT2D eigenvalue weighted by atomic mass is 10.1. The van der Waals surface area contributed by atoms with Gasteiger partial charge in [0.2, 0.25) is 0 Å². The Kier molecular flexibility index (Phi) is 5.58. The number of aromatic nitrogens is 3. The summed E-state index contributed by atoms with van der Waals surface area (Å²) in [6.45, 7) is 7.83. The fourth-order valence-electron chi connectivity index (χ4n) is 1.98. The molecule has 1 unspecified atom stereocenters. The van der Waals surface area contributed by atoms with E-state index in [1.165, 1.54) is 5.69 Å². The molecule has 1 rings (SSSR count). The molecule has 0 bridgehead atoms. The second kappa shape index (κ2) is 6.71. The van der Waals surface area contributed by atoms with Gasteiger partial charge in [-0.3, -0.25) is 0 Å². The topological polar surface area (TPSA) is 66.0 Å². The van der Waals surface area contributed by atoms with Crippen molar-refractivity contribution in [1.29, 1.82) is 0 Å². The van der Waals surface area contributed by atoms with Crippen LogP contribution in [0.3, 0.4) is 0 Å². The van der Waals surface area contributed by atoms with Gasteiger partial charge in [0.05, 0.1) is 17.4 Å². The minimum absolute atomic E-state index is 0.311. The number of hydrogen-bond donors (Lipinski definition) is 1. The van der Waals surface area contributed by atoms with Crippen molar-refractivity contribution in [3.63, 3.8) is 0 Å². The van der Waals surface area contributed by atoms with Crippen molar-refractivity contribution in [2.45, 2.75) is 45.6 Å². The van der Waals surface area contributed by atoms with E-state index in [0.29, 0.717) is 18.5 Å². The highest BCUT2D eigenvalue weighted by molar-refractivity contribution is 5.15. The van der Waals surface area contributed by atoms with Crippen LogP contribution in [-0.2, 0) is 11.2 Å². The minimum Gasteiger partial charge on any atom is -0.385 e. The van der Waals surface area contributed by atoms with Gasteiger partial charge in [-0.2, -0.15) is 0 Å². The van der Waals surface area contributed by atoms with Crippen LogP contribution in [-0.4, -0.2) is 35.3 Å². The summed E-state index contributed by atoms with van der Waals surface area (Å²) >= 11 is 0. The van der Waals surface area contributed by atoms with Crippen LogP contribution < -0.4 is 5.73 Å². The van der Waals surface area contributed by atoms with Crippen LogP contribution in [0.4, 0.5) is 0 Å². The van der Waals surface area contributed by atoms with Gasteiger partial charge in [0.1, 0.15) is 0 Å². The molecule has 0 aromatic carbocycles. The Hall–Kier alpha value is -0.940. The summed E-state index contributed by atoms with van der Waals surface area (Å²) in [5, 5.41) is 8.51. The summed E-state index contributed by atoms with van der Waals surface area (Å²) in [7, 11) is 1.72. The molecular weight excluding hydrogens is 216 g/mol. The molecule has 0 amide bonds. The molecule has 0 spiro atoms. The molecule has 17 heavy (non-hydrogen) atoms. The third kappa shape index (κ3) is 3.51. The van der Waals surface area contributed by atoms with Gasteiger partial charge in [-0.05, 0) is 25.8 Å². The first-order valence-corrected chi connectivity index (χ1v) is 6.24. The van der Waals surface area contributed by atoms with Crippen LogP contribution in [0.5, 0.6) is 0 Å². The molecule has 2 N–H and O–H groups in total. The van der Waals surface area contributed by atoms with Crippen LogP contribution in [0.1, 0.15) is 50.5 Å². The monoisotopic (exact) mass is 240 g/mol. The first kappa shape index (κ1) is 14.1. The van der Waals surface area contributed by atoms with Crippen LogP contribution in [0.15, 0.2) is 0 Å². The SMILES string of the molecule is COCCC(C)n1nnc(CCN)c1C(C)C. The fourth-order valence-corrected chi connectivity index (χ4v) is 1.98. The van der Waals surface area contributed by atoms with E-state index >= 15 is 0 Å². The summed E-state index contributed by atoms with van der Waals surface area (Å²) in [5.74, 6) is 0.413. The minimum atomic E-state index is 0.311. The molecular formula is C12H24N4O. The molecule has 0 fully saturated rings. The Balaban J connectivity index is 2.90. The summed E-state index contributed by atoms with van der Waals surface area (Å²) in [6, 6.07) is 0.311. The largest absolute Gasteiger partial charge is 0.385 e. The number of nitrogens with two attached hydrogens (primary N) is 1. The van der Waals surface area contributed by atoms with E-state index in [4.69, 9.17) is 10.5 Å². The number of methoxy groups -OCH3 is 1. The van der Waals surface area contributed by atoms with E-state index in [-0.39, 0.29) is 0 Å². The number of nitrogens with zero attached hydrogens (tertiary/aromatic N) is 3. The van der Waals surface area contributed by atoms with E-state index in [0.717, 1.165) is 25.1 Å². The van der Waals surface area contributed by atoms with Gasteiger partial charge in [-0.1, -0.05) is 19.1 Å². The molecule has 0 radical (unpaired) electrons. The lowest BCUT2D eigenvalue weighted by Crippen LogP contribution is -2.15. The molecule has 0 aliphatic heterocycles. The lowest BCUT2D eigenvalue weighted by molar-refractivity contribution is 0.177. The second-order valence-corrected chi connectivity index (χ2v) is 4.69. The average molecular weight is 240 g/mol. The van der Waals surface area contributed by atoms with Crippen molar-refractivity contribution >= 4 is 0 Å². The summed E-state index contributed by atoms with van der Waals surface area (Å²) in [4.78, 5) is 0. The van der Waals surface area contributed by atoms with Gasteiger partial charge in [0, 0.05) is 20.1 Å². The second-order valence-electron chi connectivity index (χ2n) is 4.69. The van der Waals surface area contributed by atoms with Crippen LogP contribution in [0.2, 0.25) is 0 Å². The molecule has 1 aromatic rings. The normalized spacial score (nSPS) is 13.3. The van der Waals surface area contributed by atoms with Crippen molar-refractivity contribution in [3.8, 4) is 0 Å². The van der Waals surface area contributed by atoms with Crippen molar-refractivity contribution in [2.75, 3.05) is 20.3 Å². The molecule has 1 aromatic heterocycles. The van der Waals surface area contributed by atoms with Gasteiger partial charge < -0.3 is 10.5 Å². The Bertz CT molecular complexity index is 335. The summed E-state index contributed by atoms with van der Waals surface area (Å²) in [6.07, 6.45) is 1.74. The summed E-state index contributed by atoms with van der Waals surface area (Å²) < 4.78 is 7.13. The zero-order chi connectivity index (χ0) is 12.8. The number of hydrogen-bond acceptors (Lipinski definition) is 4. The Morgan fingerprint density at radius 3 is 2.59 bits per heavy atom. The van der Waals surface area contributed by atoms with E-state index in [2.05, 4.69) is 31.1 Å². The third-order valence-electron chi connectivity index (χ3n) is 2.89. The maximum Gasteiger partial charge on any atom is 0.0874 e. The summed E-state index contributed by atoms with van der Waals surface area (Å²) in [5.41, 5.74) is 7.84. The number of rotatable bonds is 7. The number of ether oxygens (including phenoxy) is 1. The smallest absolute Gasteiger partial charge is 0.0874 e. The van der Waals surface area contributed by atoms with Crippen LogP contribution >= 0.6 is 0 Å². The highest BCUT2D eigenvalue weighted by atomic mass is 16.5. The van der Waals surface area contributed by atoms with Crippen LogP contribution in [0.25, 0.3) is 0 Å².